The predicted molar refractivity (Wildman–Crippen MR) is 45.6 cm³/mol. The molecule has 0 saturated carbocycles. The lowest BCUT2D eigenvalue weighted by Crippen LogP contribution is -1.95. The molecule has 0 aliphatic heterocycles. The number of hydrogen-bond donors (Lipinski definition) is 0. The summed E-state index contributed by atoms with van der Waals surface area (Å²) >= 11 is 0. The van der Waals surface area contributed by atoms with Gasteiger partial charge in [0.05, 0.1) is 0 Å². The minimum Gasteiger partial charge on any atom is -0.252 e. The highest BCUT2D eigenvalue weighted by molar-refractivity contribution is 7.55. The van der Waals surface area contributed by atoms with E-state index < -0.39 is 0 Å². The van der Waals surface area contributed by atoms with Crippen LogP contribution in [-0.4, -0.2) is 21.9 Å². The van der Waals surface area contributed by atoms with Gasteiger partial charge in [0, 0.05) is 20.5 Å². The number of aromatic nitrogens is 2. The van der Waals surface area contributed by atoms with Crippen LogP contribution in [0.25, 0.3) is 0 Å². The van der Waals surface area contributed by atoms with Crippen LogP contribution in [0.1, 0.15) is 13.8 Å². The number of rotatable bonds is 3. The molecule has 0 unspecified atom stereocenters. The molecule has 3 heteroatoms. The molecule has 0 atom stereocenters. The predicted octanol–water partition coefficient (Wildman–Crippen LogP) is 2.17. The average Bonchev–Trinajstić information content (AvgIpc) is 2.43. The van der Waals surface area contributed by atoms with Crippen molar-refractivity contribution in [3.8, 4) is 0 Å². The lowest BCUT2D eigenvalue weighted by atomic mass is 10.8. The highest BCUT2D eigenvalue weighted by Crippen LogP contribution is 2.34. The van der Waals surface area contributed by atoms with Crippen LogP contribution in [0.2, 0.25) is 0 Å². The van der Waals surface area contributed by atoms with E-state index >= 15 is 0 Å². The molecule has 0 aliphatic rings. The first-order valence-corrected chi connectivity index (χ1v) is 5.29. The highest BCUT2D eigenvalue weighted by atomic mass is 31.1. The Kier molecular flexibility index (Phi) is 2.88. The van der Waals surface area contributed by atoms with E-state index in [1.807, 2.05) is 12.3 Å². The third-order valence-electron chi connectivity index (χ3n) is 1.51. The molecule has 0 spiro atoms. The lowest BCUT2D eigenvalue weighted by Gasteiger charge is -2.11. The molecule has 1 rings (SSSR count). The van der Waals surface area contributed by atoms with Gasteiger partial charge in [0.25, 0.3) is 0 Å². The van der Waals surface area contributed by atoms with Crippen molar-refractivity contribution in [2.24, 2.45) is 0 Å². The van der Waals surface area contributed by atoms with Gasteiger partial charge in [-0.3, -0.25) is 4.45 Å². The summed E-state index contributed by atoms with van der Waals surface area (Å²) in [5.74, 6) is 0. The fourth-order valence-corrected chi connectivity index (χ4v) is 2.44. The van der Waals surface area contributed by atoms with Gasteiger partial charge in [-0.05, 0) is 18.4 Å². The van der Waals surface area contributed by atoms with Crippen molar-refractivity contribution >= 4 is 8.07 Å². The second kappa shape index (κ2) is 3.72. The molecule has 0 fully saturated rings. The average molecular weight is 156 g/mol. The van der Waals surface area contributed by atoms with Crippen LogP contribution in [0, 0.1) is 0 Å². The van der Waals surface area contributed by atoms with E-state index in [9.17, 15) is 0 Å². The summed E-state index contributed by atoms with van der Waals surface area (Å²) in [7, 11) is -0.00874. The molecule has 0 amide bonds. The largest absolute Gasteiger partial charge is 0.252 e. The molecule has 2 nitrogen and oxygen atoms in total. The summed E-state index contributed by atoms with van der Waals surface area (Å²) in [5.41, 5.74) is 0. The van der Waals surface area contributed by atoms with Crippen LogP contribution >= 0.6 is 8.07 Å². The van der Waals surface area contributed by atoms with E-state index in [2.05, 4.69) is 29.6 Å². The van der Waals surface area contributed by atoms with Crippen molar-refractivity contribution in [3.63, 3.8) is 0 Å². The van der Waals surface area contributed by atoms with Gasteiger partial charge < -0.3 is 0 Å². The summed E-state index contributed by atoms with van der Waals surface area (Å²) in [4.78, 5) is 0. The molecule has 0 aromatic carbocycles. The summed E-state index contributed by atoms with van der Waals surface area (Å²) in [5, 5.41) is 4.20. The van der Waals surface area contributed by atoms with Gasteiger partial charge in [0.15, 0.2) is 0 Å². The Bertz CT molecular complexity index is 168. The van der Waals surface area contributed by atoms with Crippen LogP contribution in [0.4, 0.5) is 0 Å². The van der Waals surface area contributed by atoms with E-state index in [0.29, 0.717) is 0 Å². The smallest absolute Gasteiger partial charge is 0.0492 e. The maximum absolute atomic E-state index is 4.20. The van der Waals surface area contributed by atoms with Crippen molar-refractivity contribution < 1.29 is 0 Å². The number of nitrogens with zero attached hydrogens (tertiary/aromatic N) is 2. The quantitative estimate of drug-likeness (QED) is 0.613. The van der Waals surface area contributed by atoms with Crippen molar-refractivity contribution in [1.29, 1.82) is 0 Å². The van der Waals surface area contributed by atoms with Crippen LogP contribution < -0.4 is 0 Å². The third kappa shape index (κ3) is 1.57. The molecule has 56 valence electrons. The van der Waals surface area contributed by atoms with Crippen LogP contribution in [0.5, 0.6) is 0 Å². The fraction of sp³-hybridized carbons (Fsp3) is 0.571. The third-order valence-corrected chi connectivity index (χ3v) is 3.79. The van der Waals surface area contributed by atoms with E-state index in [0.717, 1.165) is 0 Å². The Hall–Kier alpha value is -0.360. The second-order valence-electron chi connectivity index (χ2n) is 2.07. The summed E-state index contributed by atoms with van der Waals surface area (Å²) in [6.45, 7) is 4.44. The summed E-state index contributed by atoms with van der Waals surface area (Å²) < 4.78 is 2.09. The van der Waals surface area contributed by atoms with Gasteiger partial charge in [-0.1, -0.05) is 13.8 Å². The van der Waals surface area contributed by atoms with E-state index in [4.69, 9.17) is 0 Å². The zero-order chi connectivity index (χ0) is 7.40. The molecular weight excluding hydrogens is 143 g/mol. The Morgan fingerprint density at radius 2 is 2.10 bits per heavy atom. The molecule has 1 aromatic heterocycles. The Morgan fingerprint density at radius 1 is 1.40 bits per heavy atom. The minimum absolute atomic E-state index is 0.00874. The first kappa shape index (κ1) is 7.74. The number of hydrogen-bond acceptors (Lipinski definition) is 1. The van der Waals surface area contributed by atoms with Gasteiger partial charge in [-0.25, -0.2) is 0 Å². The van der Waals surface area contributed by atoms with Crippen molar-refractivity contribution in [3.05, 3.63) is 18.5 Å². The monoisotopic (exact) mass is 156 g/mol. The zero-order valence-corrected chi connectivity index (χ0v) is 7.38. The molecule has 0 radical (unpaired) electrons. The van der Waals surface area contributed by atoms with Gasteiger partial charge in [0.1, 0.15) is 0 Å². The topological polar surface area (TPSA) is 17.8 Å². The van der Waals surface area contributed by atoms with Crippen LogP contribution in [0.15, 0.2) is 18.5 Å². The minimum atomic E-state index is -0.00874. The zero-order valence-electron chi connectivity index (χ0n) is 6.49. The van der Waals surface area contributed by atoms with Crippen LogP contribution in [0.3, 0.4) is 0 Å². The standard InChI is InChI=1S/C7H13N2P/c1-3-10(4-2)9-7-5-6-8-9/h5-7H,3-4H2,1-2H3. The van der Waals surface area contributed by atoms with Gasteiger partial charge in [0.2, 0.25) is 0 Å². The van der Waals surface area contributed by atoms with E-state index in [-0.39, 0.29) is 8.07 Å². The van der Waals surface area contributed by atoms with Gasteiger partial charge >= 0.3 is 0 Å². The first-order valence-electron chi connectivity index (χ1n) is 3.63. The fourth-order valence-electron chi connectivity index (χ4n) is 0.941. The van der Waals surface area contributed by atoms with Crippen molar-refractivity contribution in [2.75, 3.05) is 12.3 Å². The summed E-state index contributed by atoms with van der Waals surface area (Å²) in [6, 6.07) is 1.99. The maximum atomic E-state index is 4.20. The summed E-state index contributed by atoms with van der Waals surface area (Å²) in [6.07, 6.45) is 6.36. The Labute approximate surface area is 63.1 Å². The molecule has 10 heavy (non-hydrogen) atoms. The molecule has 0 saturated heterocycles. The normalized spacial score (nSPS) is 10.7. The molecule has 0 N–H and O–H groups in total. The van der Waals surface area contributed by atoms with Gasteiger partial charge in [-0.2, -0.15) is 5.10 Å². The second-order valence-corrected chi connectivity index (χ2v) is 4.75. The molecule has 0 bridgehead atoms. The van der Waals surface area contributed by atoms with Crippen molar-refractivity contribution in [1.82, 2.24) is 9.55 Å². The first-order chi connectivity index (χ1) is 4.88. The Morgan fingerprint density at radius 3 is 2.50 bits per heavy atom. The van der Waals surface area contributed by atoms with Crippen molar-refractivity contribution in [2.45, 2.75) is 13.8 Å². The van der Waals surface area contributed by atoms with E-state index in [1.165, 1.54) is 12.3 Å². The molecule has 1 heterocycles. The maximum Gasteiger partial charge on any atom is 0.0492 e. The molecule has 1 aromatic rings. The molecular formula is C7H13N2P. The van der Waals surface area contributed by atoms with E-state index in [1.54, 1.807) is 0 Å². The SMILES string of the molecule is CCP(CC)n1cccn1. The molecule has 0 aliphatic carbocycles. The Balaban J connectivity index is 2.64. The van der Waals surface area contributed by atoms with Crippen LogP contribution in [-0.2, 0) is 0 Å². The highest BCUT2D eigenvalue weighted by Gasteiger charge is 2.02. The van der Waals surface area contributed by atoms with Gasteiger partial charge in [-0.15, -0.1) is 0 Å². The lowest BCUT2D eigenvalue weighted by molar-refractivity contribution is 0.976.